The smallest absolute Gasteiger partial charge is 0.0450 e. The van der Waals surface area contributed by atoms with Crippen LogP contribution in [0.3, 0.4) is 0 Å². The van der Waals surface area contributed by atoms with Gasteiger partial charge in [-0.15, -0.1) is 0 Å². The molecule has 0 aliphatic carbocycles. The summed E-state index contributed by atoms with van der Waals surface area (Å²) in [6, 6.07) is 49.5. The second-order valence-electron chi connectivity index (χ2n) is 11.8. The van der Waals surface area contributed by atoms with E-state index in [0.29, 0.717) is 0 Å². The number of aryl methyl sites for hydroxylation is 7. The molecule has 0 aliphatic heterocycles. The summed E-state index contributed by atoms with van der Waals surface area (Å²) in [4.78, 5) is 28.1. The van der Waals surface area contributed by atoms with E-state index in [-0.39, 0.29) is 0 Å². The van der Waals surface area contributed by atoms with Crippen molar-refractivity contribution in [3.8, 4) is 11.1 Å². The van der Waals surface area contributed by atoms with Crippen LogP contribution in [0.1, 0.15) is 123 Å². The minimum absolute atomic E-state index is 1.07. The lowest BCUT2D eigenvalue weighted by atomic mass is 10.1. The van der Waals surface area contributed by atoms with Crippen molar-refractivity contribution >= 4 is 0 Å². The third kappa shape index (κ3) is 47.1. The SMILES string of the molecule is CC.CC.CC.CC.CC.CC.Cc1ccccn1.Cc1ccccn1.Cc1ccccn1.Cc1ccccn1.Cc1ccccn1.Cc1ccccn1.Cc1ncccc1-c1ccccc1. The van der Waals surface area contributed by atoms with Crippen molar-refractivity contribution in [1.29, 1.82) is 0 Å². The molecule has 7 heterocycles. The van der Waals surface area contributed by atoms with Gasteiger partial charge in [0, 0.05) is 88.8 Å². The first kappa shape index (κ1) is 69.3. The summed E-state index contributed by atoms with van der Waals surface area (Å²) in [7, 11) is 0. The quantitative estimate of drug-likeness (QED) is 0.162. The molecule has 0 unspecified atom stereocenters. The molecule has 0 saturated carbocycles. The largest absolute Gasteiger partial charge is 0.262 e. The Kier molecular flexibility index (Phi) is 59.3. The maximum Gasteiger partial charge on any atom is 0.0450 e. The van der Waals surface area contributed by atoms with E-state index in [4.69, 9.17) is 0 Å². The molecule has 0 bridgehead atoms. The average Bonchev–Trinajstić information content (AvgIpc) is 3.41. The molecular weight excluding hydrogens is 819 g/mol. The van der Waals surface area contributed by atoms with Crippen LogP contribution in [-0.4, -0.2) is 34.9 Å². The molecule has 0 radical (unpaired) electrons. The first-order valence-electron chi connectivity index (χ1n) is 24.0. The molecule has 0 atom stereocenters. The monoisotopic (exact) mass is 908 g/mol. The molecule has 7 aromatic heterocycles. The first-order chi connectivity index (χ1) is 32.7. The summed E-state index contributed by atoms with van der Waals surface area (Å²) in [6.45, 7) is 37.9. The summed E-state index contributed by atoms with van der Waals surface area (Å²) in [5, 5.41) is 0. The van der Waals surface area contributed by atoms with Gasteiger partial charge >= 0.3 is 0 Å². The van der Waals surface area contributed by atoms with Gasteiger partial charge in [-0.3, -0.25) is 34.9 Å². The molecule has 0 saturated heterocycles. The summed E-state index contributed by atoms with van der Waals surface area (Å²) < 4.78 is 0. The fourth-order valence-corrected chi connectivity index (χ4v) is 4.10. The van der Waals surface area contributed by atoms with Crippen LogP contribution in [-0.2, 0) is 0 Å². The lowest BCUT2D eigenvalue weighted by Gasteiger charge is -2.03. The predicted octanol–water partition coefficient (Wildman–Crippen LogP) is 17.6. The van der Waals surface area contributed by atoms with Crippen molar-refractivity contribution in [2.75, 3.05) is 0 Å². The van der Waals surface area contributed by atoms with Crippen LogP contribution >= 0.6 is 0 Å². The maximum absolute atomic E-state index is 4.26. The molecule has 8 rings (SSSR count). The van der Waals surface area contributed by atoms with Crippen LogP contribution in [0.5, 0.6) is 0 Å². The molecule has 7 nitrogen and oxygen atoms in total. The molecule has 1 aromatic carbocycles. The Bertz CT molecular complexity index is 1750. The number of rotatable bonds is 1. The molecule has 8 aromatic rings. The maximum atomic E-state index is 4.26. The van der Waals surface area contributed by atoms with E-state index in [1.807, 2.05) is 271 Å². The molecule has 7 heteroatoms. The van der Waals surface area contributed by atoms with Crippen molar-refractivity contribution in [2.24, 2.45) is 0 Å². The van der Waals surface area contributed by atoms with E-state index in [2.05, 4.69) is 53.1 Å². The average molecular weight is 908 g/mol. The van der Waals surface area contributed by atoms with Crippen LogP contribution < -0.4 is 0 Å². The summed E-state index contributed by atoms with van der Waals surface area (Å²) in [5.41, 5.74) is 9.95. The third-order valence-electron chi connectivity index (χ3n) is 6.97. The van der Waals surface area contributed by atoms with Crippen molar-refractivity contribution < 1.29 is 0 Å². The molecule has 0 amide bonds. The highest BCUT2D eigenvalue weighted by atomic mass is 14.7. The number of hydrogen-bond acceptors (Lipinski definition) is 7. The van der Waals surface area contributed by atoms with Gasteiger partial charge in [-0.05, 0) is 133 Å². The Morgan fingerprint density at radius 1 is 0.209 bits per heavy atom. The van der Waals surface area contributed by atoms with Gasteiger partial charge in [0.05, 0.1) is 0 Å². The van der Waals surface area contributed by atoms with Gasteiger partial charge in [0.15, 0.2) is 0 Å². The zero-order valence-electron chi connectivity index (χ0n) is 45.1. The van der Waals surface area contributed by atoms with Crippen molar-refractivity contribution in [2.45, 2.75) is 132 Å². The van der Waals surface area contributed by atoms with Gasteiger partial charge in [-0.2, -0.15) is 0 Å². The van der Waals surface area contributed by atoms with Gasteiger partial charge in [0.2, 0.25) is 0 Å². The Morgan fingerprint density at radius 3 is 0.582 bits per heavy atom. The highest BCUT2D eigenvalue weighted by molar-refractivity contribution is 5.65. The van der Waals surface area contributed by atoms with Gasteiger partial charge in [0.1, 0.15) is 0 Å². The predicted molar refractivity (Wildman–Crippen MR) is 296 cm³/mol. The molecule has 0 aliphatic rings. The standard InChI is InChI=1S/C12H11N.6C6H7N.6C2H6/c1-10-12(8-5-9-13-10)11-6-3-2-4-7-11;6*1-6-4-2-3-5-7-6;6*1-2/h2-9H,1H3;6*2-5H,1H3;6*1-2H3. The molecule has 67 heavy (non-hydrogen) atoms. The summed E-state index contributed by atoms with van der Waals surface area (Å²) in [6.07, 6.45) is 12.5. The second-order valence-corrected chi connectivity index (χ2v) is 11.8. The zero-order valence-corrected chi connectivity index (χ0v) is 45.1. The van der Waals surface area contributed by atoms with Crippen LogP contribution in [0.2, 0.25) is 0 Å². The van der Waals surface area contributed by atoms with E-state index in [0.717, 1.165) is 39.9 Å². The Morgan fingerprint density at radius 2 is 0.418 bits per heavy atom. The third-order valence-corrected chi connectivity index (χ3v) is 6.97. The second kappa shape index (κ2) is 57.3. The van der Waals surface area contributed by atoms with Gasteiger partial charge in [-0.25, -0.2) is 0 Å². The van der Waals surface area contributed by atoms with E-state index >= 15 is 0 Å². The number of hydrogen-bond donors (Lipinski definition) is 0. The number of pyridine rings is 7. The number of aromatic nitrogens is 7. The molecule has 0 fully saturated rings. The van der Waals surface area contributed by atoms with Gasteiger partial charge < -0.3 is 0 Å². The van der Waals surface area contributed by atoms with Crippen LogP contribution in [0.4, 0.5) is 0 Å². The van der Waals surface area contributed by atoms with Crippen LogP contribution in [0.15, 0.2) is 195 Å². The normalized spacial score (nSPS) is 7.93. The Hall–Kier alpha value is -6.73. The van der Waals surface area contributed by atoms with Crippen LogP contribution in [0.25, 0.3) is 11.1 Å². The van der Waals surface area contributed by atoms with Crippen molar-refractivity contribution in [3.05, 3.63) is 235 Å². The minimum Gasteiger partial charge on any atom is -0.262 e. The topological polar surface area (TPSA) is 90.2 Å². The highest BCUT2D eigenvalue weighted by Crippen LogP contribution is 2.20. The van der Waals surface area contributed by atoms with E-state index in [9.17, 15) is 0 Å². The summed E-state index contributed by atoms with van der Waals surface area (Å²) in [5.74, 6) is 0. The van der Waals surface area contributed by atoms with Gasteiger partial charge in [-0.1, -0.05) is 156 Å². The number of benzene rings is 1. The molecular formula is C60H89N7. The molecule has 0 N–H and O–H groups in total. The lowest BCUT2D eigenvalue weighted by molar-refractivity contribution is 1.20. The minimum atomic E-state index is 1.07. The van der Waals surface area contributed by atoms with E-state index < -0.39 is 0 Å². The van der Waals surface area contributed by atoms with Crippen molar-refractivity contribution in [1.82, 2.24) is 34.9 Å². The van der Waals surface area contributed by atoms with E-state index in [1.54, 1.807) is 37.2 Å². The molecule has 0 spiro atoms. The summed E-state index contributed by atoms with van der Waals surface area (Å²) >= 11 is 0. The number of nitrogens with zero attached hydrogens (tertiary/aromatic N) is 7. The van der Waals surface area contributed by atoms with Crippen molar-refractivity contribution in [3.63, 3.8) is 0 Å². The fraction of sp³-hybridized carbons (Fsp3) is 0.317. The highest BCUT2D eigenvalue weighted by Gasteiger charge is 1.99. The van der Waals surface area contributed by atoms with E-state index in [1.165, 1.54) is 11.1 Å². The van der Waals surface area contributed by atoms with Gasteiger partial charge in [0.25, 0.3) is 0 Å². The first-order valence-corrected chi connectivity index (χ1v) is 24.0. The molecule has 364 valence electrons. The lowest BCUT2D eigenvalue weighted by Crippen LogP contribution is -1.85. The van der Waals surface area contributed by atoms with Crippen LogP contribution in [0, 0.1) is 48.5 Å². The zero-order chi connectivity index (χ0) is 51.8. The fourth-order valence-electron chi connectivity index (χ4n) is 4.10. The Labute approximate surface area is 410 Å². The Balaban J connectivity index is -0.000000217.